The number of imidazole rings is 1. The van der Waals surface area contributed by atoms with Crippen molar-refractivity contribution in [3.63, 3.8) is 0 Å². The molecule has 0 aliphatic carbocycles. The van der Waals surface area contributed by atoms with Gasteiger partial charge in [0.05, 0.1) is 12.9 Å². The van der Waals surface area contributed by atoms with Crippen LogP contribution in [0.4, 0.5) is 16.3 Å². The lowest BCUT2D eigenvalue weighted by atomic mass is 9.92. The molecule has 246 valence electrons. The van der Waals surface area contributed by atoms with Crippen molar-refractivity contribution in [3.05, 3.63) is 41.4 Å². The number of aliphatic carboxylic acids is 2. The number of methoxy groups -OCH3 is 1. The van der Waals surface area contributed by atoms with Crippen molar-refractivity contribution in [2.75, 3.05) is 37.0 Å². The first-order chi connectivity index (χ1) is 21.8. The number of nitrogens with zero attached hydrogens (tertiary/aromatic N) is 5. The first-order valence-electron chi connectivity index (χ1n) is 14.1. The van der Waals surface area contributed by atoms with Crippen LogP contribution in [0.3, 0.4) is 0 Å². The van der Waals surface area contributed by atoms with Gasteiger partial charge < -0.3 is 40.5 Å². The van der Waals surface area contributed by atoms with Gasteiger partial charge in [0.25, 0.3) is 5.60 Å². The van der Waals surface area contributed by atoms with Gasteiger partial charge in [-0.05, 0) is 49.6 Å². The lowest BCUT2D eigenvalue weighted by Gasteiger charge is -2.36. The molecule has 0 unspecified atom stereocenters. The molecule has 1 aromatic carbocycles. The SMILES string of the molecule is C#C[C@@](O)([C@@H](COC(Cc1ccc(N2CCCNC2=O)cc1)(C(=O)O)C(=O)O)OC)[C@@H](O)n1cnc2c(NC(C)C)nc(Cl)nc21. The molecule has 2 amide bonds. The average molecular weight is 660 g/mol. The van der Waals surface area contributed by atoms with Crippen LogP contribution in [0.1, 0.15) is 32.1 Å². The maximum Gasteiger partial charge on any atom is 0.348 e. The molecule has 46 heavy (non-hydrogen) atoms. The quantitative estimate of drug-likeness (QED) is 0.0816. The minimum absolute atomic E-state index is 0.00371. The number of aliphatic hydroxyl groups is 2. The molecule has 3 heterocycles. The minimum Gasteiger partial charge on any atom is -0.479 e. The Kier molecular flexibility index (Phi) is 10.3. The third-order valence-electron chi connectivity index (χ3n) is 7.44. The summed E-state index contributed by atoms with van der Waals surface area (Å²) in [7, 11) is 1.11. The smallest absolute Gasteiger partial charge is 0.348 e. The highest BCUT2D eigenvalue weighted by atomic mass is 35.5. The number of urea groups is 1. The summed E-state index contributed by atoms with van der Waals surface area (Å²) < 4.78 is 11.9. The highest BCUT2D eigenvalue weighted by molar-refractivity contribution is 6.28. The Balaban J connectivity index is 1.60. The highest BCUT2D eigenvalue weighted by Gasteiger charge is 2.51. The van der Waals surface area contributed by atoms with Gasteiger partial charge in [0.2, 0.25) is 5.28 Å². The van der Waals surface area contributed by atoms with E-state index in [1.165, 1.54) is 17.0 Å². The topological polar surface area (TPSA) is 221 Å². The molecule has 1 aliphatic heterocycles. The molecule has 0 bridgehead atoms. The average Bonchev–Trinajstić information content (AvgIpc) is 3.44. The fourth-order valence-corrected chi connectivity index (χ4v) is 5.12. The molecule has 3 atom stereocenters. The summed E-state index contributed by atoms with van der Waals surface area (Å²) in [5, 5.41) is 48.6. The number of halogens is 1. The molecule has 3 aromatic rings. The molecule has 0 radical (unpaired) electrons. The summed E-state index contributed by atoms with van der Waals surface area (Å²) in [5.41, 5.74) is -4.50. The molecule has 16 nitrogen and oxygen atoms in total. The number of benzene rings is 1. The summed E-state index contributed by atoms with van der Waals surface area (Å²) in [6, 6.07) is 5.74. The number of rotatable bonds is 14. The van der Waals surface area contributed by atoms with Crippen LogP contribution in [0, 0.1) is 12.3 Å². The predicted octanol–water partition coefficient (Wildman–Crippen LogP) is 1.26. The van der Waals surface area contributed by atoms with Crippen LogP contribution in [0.5, 0.6) is 0 Å². The van der Waals surface area contributed by atoms with Crippen LogP contribution in [-0.4, -0.2) is 108 Å². The van der Waals surface area contributed by atoms with Crippen molar-refractivity contribution < 1.29 is 44.3 Å². The Hall–Kier alpha value is -4.53. The second-order valence-electron chi connectivity index (χ2n) is 10.9. The van der Waals surface area contributed by atoms with Crippen molar-refractivity contribution in [1.29, 1.82) is 0 Å². The maximum absolute atomic E-state index is 12.4. The molecule has 1 fully saturated rings. The van der Waals surface area contributed by atoms with Crippen molar-refractivity contribution >= 4 is 52.2 Å². The van der Waals surface area contributed by atoms with E-state index in [9.17, 15) is 34.8 Å². The normalized spacial score (nSPS) is 16.4. The summed E-state index contributed by atoms with van der Waals surface area (Å²) in [5.74, 6) is -1.36. The van der Waals surface area contributed by atoms with Gasteiger partial charge in [-0.15, -0.1) is 6.42 Å². The van der Waals surface area contributed by atoms with E-state index < -0.39 is 48.5 Å². The second kappa shape index (κ2) is 13.8. The van der Waals surface area contributed by atoms with Gasteiger partial charge in [-0.2, -0.15) is 9.97 Å². The van der Waals surface area contributed by atoms with E-state index in [2.05, 4.69) is 31.5 Å². The summed E-state index contributed by atoms with van der Waals surface area (Å²) in [4.78, 5) is 51.0. The number of nitrogens with one attached hydrogen (secondary N) is 2. The van der Waals surface area contributed by atoms with Crippen molar-refractivity contribution in [3.8, 4) is 12.3 Å². The molecular formula is C29H34ClN7O9. The number of terminal acetylenes is 1. The van der Waals surface area contributed by atoms with Gasteiger partial charge in [-0.1, -0.05) is 18.1 Å². The van der Waals surface area contributed by atoms with Gasteiger partial charge >= 0.3 is 18.0 Å². The second-order valence-corrected chi connectivity index (χ2v) is 11.2. The van der Waals surface area contributed by atoms with Crippen LogP contribution in [0.25, 0.3) is 11.2 Å². The van der Waals surface area contributed by atoms with Gasteiger partial charge in [0.15, 0.2) is 28.8 Å². The Bertz CT molecular complexity index is 1630. The zero-order valence-electron chi connectivity index (χ0n) is 25.2. The molecule has 17 heteroatoms. The number of hydrogen-bond donors (Lipinski definition) is 6. The molecule has 6 N–H and O–H groups in total. The third-order valence-corrected chi connectivity index (χ3v) is 7.61. The van der Waals surface area contributed by atoms with Crippen LogP contribution in [0.2, 0.25) is 5.28 Å². The summed E-state index contributed by atoms with van der Waals surface area (Å²) in [6.45, 7) is 3.85. The van der Waals surface area contributed by atoms with Crippen molar-refractivity contribution in [1.82, 2.24) is 24.8 Å². The largest absolute Gasteiger partial charge is 0.479 e. The number of carbonyl (C=O) groups excluding carboxylic acids is 1. The zero-order valence-corrected chi connectivity index (χ0v) is 25.9. The Morgan fingerprint density at radius 1 is 1.22 bits per heavy atom. The number of ether oxygens (including phenoxy) is 2. The highest BCUT2D eigenvalue weighted by Crippen LogP contribution is 2.32. The fourth-order valence-electron chi connectivity index (χ4n) is 4.96. The first-order valence-corrected chi connectivity index (χ1v) is 14.5. The van der Waals surface area contributed by atoms with E-state index in [-0.39, 0.29) is 39.9 Å². The molecular weight excluding hydrogens is 626 g/mol. The first kappa shape index (κ1) is 34.3. The van der Waals surface area contributed by atoms with Gasteiger partial charge in [0.1, 0.15) is 6.10 Å². The predicted molar refractivity (Wildman–Crippen MR) is 164 cm³/mol. The number of amides is 2. The number of carboxylic acid groups (broad SMARTS) is 2. The van der Waals surface area contributed by atoms with E-state index in [4.69, 9.17) is 27.5 Å². The molecule has 2 aromatic heterocycles. The fraction of sp³-hybridized carbons (Fsp3) is 0.448. The maximum atomic E-state index is 12.4. The number of aromatic nitrogens is 4. The molecule has 0 saturated carbocycles. The van der Waals surface area contributed by atoms with Crippen LogP contribution >= 0.6 is 11.6 Å². The third kappa shape index (κ3) is 6.69. The van der Waals surface area contributed by atoms with Crippen molar-refractivity contribution in [2.24, 2.45) is 0 Å². The van der Waals surface area contributed by atoms with E-state index in [1.807, 2.05) is 13.8 Å². The Morgan fingerprint density at radius 3 is 2.46 bits per heavy atom. The van der Waals surface area contributed by atoms with E-state index in [0.717, 1.165) is 24.4 Å². The van der Waals surface area contributed by atoms with Gasteiger partial charge in [-0.25, -0.2) is 19.4 Å². The molecule has 4 rings (SSSR count). The monoisotopic (exact) mass is 659 g/mol. The number of carboxylic acids is 2. The lowest BCUT2D eigenvalue weighted by Crippen LogP contribution is -2.56. The minimum atomic E-state index is -2.86. The molecule has 0 spiro atoms. The number of aliphatic hydroxyl groups excluding tert-OH is 1. The summed E-state index contributed by atoms with van der Waals surface area (Å²) >= 11 is 6.10. The Labute approximate surface area is 268 Å². The lowest BCUT2D eigenvalue weighted by molar-refractivity contribution is -0.202. The van der Waals surface area contributed by atoms with Crippen molar-refractivity contribution in [2.45, 2.75) is 56.3 Å². The van der Waals surface area contributed by atoms with E-state index >= 15 is 0 Å². The zero-order chi connectivity index (χ0) is 33.8. The number of hydrogen-bond acceptors (Lipinski definition) is 11. The number of carbonyl (C=O) groups is 3. The van der Waals surface area contributed by atoms with Gasteiger partial charge in [0, 0.05) is 38.3 Å². The van der Waals surface area contributed by atoms with Crippen LogP contribution in [-0.2, 0) is 25.5 Å². The van der Waals surface area contributed by atoms with Crippen LogP contribution in [0.15, 0.2) is 30.6 Å². The number of anilines is 2. The van der Waals surface area contributed by atoms with Gasteiger partial charge in [-0.3, -0.25) is 9.47 Å². The summed E-state index contributed by atoms with van der Waals surface area (Å²) in [6.07, 6.45) is 3.20. The van der Waals surface area contributed by atoms with Crippen LogP contribution < -0.4 is 15.5 Å². The van der Waals surface area contributed by atoms with E-state index in [0.29, 0.717) is 18.8 Å². The number of fused-ring (bicyclic) bond motifs is 1. The standard InChI is InChI=1S/C29H34ClN7O9/c1-5-28(44,23(38)37-15-32-20-21(33-16(2)3)34-26(30)35-22(20)37)19(45-4)14-46-29(24(39)40,25(41)42)13-17-7-9-18(10-8-17)36-12-6-11-31-27(36)43/h1,7-10,15-16,19,23,38,44H,6,11-14H2,2-4H3,(H,31,43)(H,39,40)(H,41,42)(H,33,34,35)/t19-,23-,28-/m1/s1. The molecule has 1 aliphatic rings. The van der Waals surface area contributed by atoms with E-state index in [1.54, 1.807) is 12.1 Å². The molecule has 1 saturated heterocycles. The Morgan fingerprint density at radius 2 is 1.89 bits per heavy atom.